The van der Waals surface area contributed by atoms with Crippen molar-refractivity contribution in [1.82, 2.24) is 0 Å². The summed E-state index contributed by atoms with van der Waals surface area (Å²) in [5.41, 5.74) is 29.4. The van der Waals surface area contributed by atoms with Gasteiger partial charge in [-0.15, -0.1) is 0 Å². The first-order valence-corrected chi connectivity index (χ1v) is 5.95. The molecule has 0 heterocycles. The van der Waals surface area contributed by atoms with E-state index in [4.69, 9.17) is 51.9 Å². The molecule has 0 unspecified atom stereocenters. The predicted octanol–water partition coefficient (Wildman–Crippen LogP) is -4.63. The maximum absolute atomic E-state index is 8.52. The number of rotatable bonds is 3. The van der Waals surface area contributed by atoms with Crippen molar-refractivity contribution in [3.8, 4) is 0 Å². The van der Waals surface area contributed by atoms with Gasteiger partial charge in [0.15, 0.2) is 0 Å². The molecule has 18 heavy (non-hydrogen) atoms. The zero-order chi connectivity index (χ0) is 14.7. The molecule has 0 fully saturated rings. The fraction of sp³-hybridized carbons (Fsp3) is 1.00. The summed E-state index contributed by atoms with van der Waals surface area (Å²) < 4.78 is 34.1. The summed E-state index contributed by atoms with van der Waals surface area (Å²) in [6.07, 6.45) is 0. The van der Waals surface area contributed by atoms with E-state index in [1.165, 1.54) is 0 Å². The Morgan fingerprint density at radius 2 is 0.667 bits per heavy atom. The Morgan fingerprint density at radius 1 is 0.611 bits per heavy atom. The molecule has 0 aromatic carbocycles. The van der Waals surface area contributed by atoms with Crippen LogP contribution in [0.5, 0.6) is 0 Å². The van der Waals surface area contributed by atoms with Gasteiger partial charge in [0.1, 0.15) is 0 Å². The molecule has 12 heteroatoms. The number of nitrogens with two attached hydrogens (primary N) is 6. The Labute approximate surface area is 118 Å². The Kier molecular flexibility index (Phi) is 51.9. The van der Waals surface area contributed by atoms with E-state index >= 15 is 0 Å². The standard InChI is InChI=1S/3C2H8N2.Ni.H2O4S/c3*3-1-2-4;;1-5(2,3)4/h3*1-4H2;;(H2,1,2,3,4)/q;;;+2;/p-2. The zero-order valence-electron chi connectivity index (χ0n) is 10.1. The molecule has 0 amide bonds. The van der Waals surface area contributed by atoms with E-state index in [1.54, 1.807) is 0 Å². The summed E-state index contributed by atoms with van der Waals surface area (Å²) in [5, 5.41) is 0. The van der Waals surface area contributed by atoms with Gasteiger partial charge in [-0.05, 0) is 0 Å². The molecule has 0 spiro atoms. The maximum Gasteiger partial charge on any atom is 2.00 e. The summed E-state index contributed by atoms with van der Waals surface area (Å²) >= 11 is 0. The minimum Gasteiger partial charge on any atom is -0.759 e. The van der Waals surface area contributed by atoms with Gasteiger partial charge in [0.25, 0.3) is 0 Å². The van der Waals surface area contributed by atoms with Gasteiger partial charge in [0.05, 0.1) is 0 Å². The van der Waals surface area contributed by atoms with Gasteiger partial charge in [0.2, 0.25) is 0 Å². The van der Waals surface area contributed by atoms with Crippen molar-refractivity contribution in [3.63, 3.8) is 0 Å². The fourth-order valence-electron chi connectivity index (χ4n) is 0. The molecule has 0 bridgehead atoms. The van der Waals surface area contributed by atoms with Crippen molar-refractivity contribution in [2.45, 2.75) is 0 Å². The van der Waals surface area contributed by atoms with E-state index in [0.717, 1.165) is 0 Å². The van der Waals surface area contributed by atoms with Crippen LogP contribution in [0, 0.1) is 0 Å². The van der Waals surface area contributed by atoms with Crippen LogP contribution in [0.1, 0.15) is 0 Å². The van der Waals surface area contributed by atoms with Crippen molar-refractivity contribution in [1.29, 1.82) is 0 Å². The molecule has 0 saturated carbocycles. The van der Waals surface area contributed by atoms with Crippen LogP contribution >= 0.6 is 0 Å². The van der Waals surface area contributed by atoms with Crippen LogP contribution < -0.4 is 34.4 Å². The Bertz CT molecular complexity index is 171. The molecule has 12 N–H and O–H groups in total. The molecule has 0 aliphatic rings. The van der Waals surface area contributed by atoms with E-state index in [-0.39, 0.29) is 16.5 Å². The normalized spacial score (nSPS) is 8.22. The Morgan fingerprint density at radius 3 is 0.667 bits per heavy atom. The molecule has 118 valence electrons. The average molecular weight is 335 g/mol. The van der Waals surface area contributed by atoms with Gasteiger partial charge >= 0.3 is 16.5 Å². The molecule has 0 rings (SSSR count). The Hall–Kier alpha value is 0.124. The third kappa shape index (κ3) is 378. The molecule has 0 aliphatic heterocycles. The van der Waals surface area contributed by atoms with E-state index in [2.05, 4.69) is 0 Å². The van der Waals surface area contributed by atoms with Crippen LogP contribution in [0.4, 0.5) is 0 Å². The van der Waals surface area contributed by atoms with Gasteiger partial charge in [-0.25, -0.2) is 0 Å². The smallest absolute Gasteiger partial charge is 0.759 e. The fourth-order valence-corrected chi connectivity index (χ4v) is 0. The van der Waals surface area contributed by atoms with Crippen molar-refractivity contribution in [2.75, 3.05) is 39.3 Å². The molecule has 0 radical (unpaired) electrons. The van der Waals surface area contributed by atoms with Crippen molar-refractivity contribution < 1.29 is 34.0 Å². The molecular weight excluding hydrogens is 311 g/mol. The summed E-state index contributed by atoms with van der Waals surface area (Å²) in [6.45, 7) is 3.58. The SMILES string of the molecule is NCCN.NCCN.NCCN.O=S(=O)([O-])[O-].[Ni+2]. The van der Waals surface area contributed by atoms with Crippen molar-refractivity contribution in [2.24, 2.45) is 34.4 Å². The minimum absolute atomic E-state index is 0. The quantitative estimate of drug-likeness (QED) is 0.164. The van der Waals surface area contributed by atoms with Gasteiger partial charge < -0.3 is 43.5 Å². The van der Waals surface area contributed by atoms with Gasteiger partial charge in [0, 0.05) is 49.7 Å². The number of hydrogen-bond acceptors (Lipinski definition) is 10. The maximum atomic E-state index is 8.52. The van der Waals surface area contributed by atoms with E-state index in [0.29, 0.717) is 39.3 Å². The first kappa shape index (κ1) is 30.9. The van der Waals surface area contributed by atoms with Gasteiger partial charge in [-0.2, -0.15) is 0 Å². The van der Waals surface area contributed by atoms with Crippen LogP contribution in [0.3, 0.4) is 0 Å². The molecule has 0 aromatic rings. The predicted molar refractivity (Wildman–Crippen MR) is 64.8 cm³/mol. The number of hydrogen-bond donors (Lipinski definition) is 6. The van der Waals surface area contributed by atoms with Gasteiger partial charge in [-0.1, -0.05) is 0 Å². The summed E-state index contributed by atoms with van der Waals surface area (Å²) in [5.74, 6) is 0. The second kappa shape index (κ2) is 30.3. The second-order valence-electron chi connectivity index (χ2n) is 2.14. The zero-order valence-corrected chi connectivity index (χ0v) is 11.9. The van der Waals surface area contributed by atoms with E-state index in [1.807, 2.05) is 0 Å². The van der Waals surface area contributed by atoms with Crippen molar-refractivity contribution in [3.05, 3.63) is 0 Å². The third-order valence-corrected chi connectivity index (χ3v) is 0.500. The van der Waals surface area contributed by atoms with Crippen LogP contribution in [0.15, 0.2) is 0 Å². The van der Waals surface area contributed by atoms with Gasteiger partial charge in [-0.3, -0.25) is 8.42 Å². The third-order valence-electron chi connectivity index (χ3n) is 0.500. The molecule has 0 aliphatic carbocycles. The largest absolute Gasteiger partial charge is 2.00 e. The summed E-state index contributed by atoms with van der Waals surface area (Å²) in [4.78, 5) is 0. The summed E-state index contributed by atoms with van der Waals surface area (Å²) in [7, 11) is -5.17. The molecular formula is C6H24N6NiO4S. The molecule has 10 nitrogen and oxygen atoms in total. The van der Waals surface area contributed by atoms with Crippen LogP contribution in [0.25, 0.3) is 0 Å². The summed E-state index contributed by atoms with van der Waals surface area (Å²) in [6, 6.07) is 0. The van der Waals surface area contributed by atoms with Crippen LogP contribution in [-0.4, -0.2) is 56.8 Å². The van der Waals surface area contributed by atoms with Crippen LogP contribution in [-0.2, 0) is 26.9 Å². The average Bonchev–Trinajstić information content (AvgIpc) is 2.27. The first-order valence-electron chi connectivity index (χ1n) is 4.62. The van der Waals surface area contributed by atoms with E-state index in [9.17, 15) is 0 Å². The first-order chi connectivity index (χ1) is 7.74. The topological polar surface area (TPSA) is 236 Å². The van der Waals surface area contributed by atoms with Crippen LogP contribution in [0.2, 0.25) is 0 Å². The van der Waals surface area contributed by atoms with Crippen molar-refractivity contribution >= 4 is 10.4 Å². The second-order valence-corrected chi connectivity index (χ2v) is 2.96. The minimum atomic E-state index is -5.17. The molecule has 0 aromatic heterocycles. The Balaban J connectivity index is -0.0000000412. The molecule has 0 saturated heterocycles. The molecule has 0 atom stereocenters. The monoisotopic (exact) mass is 334 g/mol. The van der Waals surface area contributed by atoms with E-state index < -0.39 is 10.4 Å².